The number of rotatable bonds is 10. The van der Waals surface area contributed by atoms with Gasteiger partial charge in [0.05, 0.1) is 6.33 Å². The molecule has 7 heteroatoms. The third-order valence-electron chi connectivity index (χ3n) is 3.82. The Balaban J connectivity index is 1.53. The Morgan fingerprint density at radius 3 is 2.50 bits per heavy atom. The molecule has 1 atom stereocenters. The molecule has 1 aromatic rings. The van der Waals surface area contributed by atoms with Gasteiger partial charge >= 0.3 is 0 Å². The minimum Gasteiger partial charge on any atom is -0.356 e. The number of imidazole rings is 1. The molecule has 7 nitrogen and oxygen atoms in total. The number of amides is 2. The Morgan fingerprint density at radius 2 is 1.92 bits per heavy atom. The van der Waals surface area contributed by atoms with Crippen molar-refractivity contribution < 1.29 is 9.59 Å². The molecule has 0 aromatic carbocycles. The van der Waals surface area contributed by atoms with E-state index in [2.05, 4.69) is 25.6 Å². The first-order chi connectivity index (χ1) is 11.6. The van der Waals surface area contributed by atoms with Crippen molar-refractivity contribution in [1.29, 1.82) is 0 Å². The van der Waals surface area contributed by atoms with Gasteiger partial charge in [-0.2, -0.15) is 0 Å². The van der Waals surface area contributed by atoms with E-state index in [4.69, 9.17) is 0 Å². The minimum absolute atomic E-state index is 0.00715. The number of hydrogen-bond donors (Lipinski definition) is 3. The molecular formula is C17H25N5O2. The summed E-state index contributed by atoms with van der Waals surface area (Å²) in [4.78, 5) is 34.7. The predicted molar refractivity (Wildman–Crippen MR) is 92.5 cm³/mol. The Kier molecular flexibility index (Phi) is 7.20. The first-order valence-electron chi connectivity index (χ1n) is 8.33. The summed E-state index contributed by atoms with van der Waals surface area (Å²) in [5.74, 6) is -0.0125. The van der Waals surface area contributed by atoms with Crippen LogP contribution in [0.2, 0.25) is 0 Å². The van der Waals surface area contributed by atoms with Gasteiger partial charge in [-0.05, 0) is 17.9 Å². The van der Waals surface area contributed by atoms with E-state index in [1.54, 1.807) is 12.5 Å². The molecule has 0 aliphatic carbocycles. The van der Waals surface area contributed by atoms with Crippen LogP contribution in [0.4, 0.5) is 0 Å². The fourth-order valence-corrected chi connectivity index (χ4v) is 2.52. The van der Waals surface area contributed by atoms with Gasteiger partial charge in [0.25, 0.3) is 0 Å². The van der Waals surface area contributed by atoms with E-state index in [0.29, 0.717) is 25.9 Å². The van der Waals surface area contributed by atoms with Crippen LogP contribution in [0.15, 0.2) is 29.3 Å². The Morgan fingerprint density at radius 1 is 1.21 bits per heavy atom. The van der Waals surface area contributed by atoms with Crippen molar-refractivity contribution in [1.82, 2.24) is 20.6 Å². The molecule has 0 fully saturated rings. The van der Waals surface area contributed by atoms with Crippen molar-refractivity contribution in [2.75, 3.05) is 13.1 Å². The van der Waals surface area contributed by atoms with E-state index in [1.807, 2.05) is 19.3 Å². The van der Waals surface area contributed by atoms with Crippen molar-refractivity contribution >= 4 is 18.0 Å². The molecule has 0 saturated carbocycles. The number of aliphatic imine (C=N–C) groups is 1. The number of H-pyrrole nitrogens is 1. The molecule has 0 saturated heterocycles. The first-order valence-corrected chi connectivity index (χ1v) is 8.33. The molecular weight excluding hydrogens is 306 g/mol. The first kappa shape index (κ1) is 17.9. The Hall–Kier alpha value is -2.44. The number of nitrogens with zero attached hydrogens (tertiary/aromatic N) is 2. The van der Waals surface area contributed by atoms with Crippen LogP contribution in [0.25, 0.3) is 0 Å². The normalized spacial score (nSPS) is 14.3. The average molecular weight is 331 g/mol. The fourth-order valence-electron chi connectivity index (χ4n) is 2.52. The van der Waals surface area contributed by atoms with Crippen LogP contribution < -0.4 is 10.6 Å². The molecule has 2 rings (SSSR count). The topological polar surface area (TPSA) is 99.2 Å². The van der Waals surface area contributed by atoms with Crippen LogP contribution in [-0.4, -0.2) is 41.1 Å². The quantitative estimate of drug-likeness (QED) is 0.603. The summed E-state index contributed by atoms with van der Waals surface area (Å²) in [5.41, 5.74) is 2.23. The molecule has 1 aliphatic heterocycles. The number of carbonyl (C=O) groups is 2. The molecule has 0 bridgehead atoms. The van der Waals surface area contributed by atoms with Gasteiger partial charge in [0.15, 0.2) is 0 Å². The van der Waals surface area contributed by atoms with Gasteiger partial charge in [0, 0.05) is 63.1 Å². The zero-order valence-electron chi connectivity index (χ0n) is 14.0. The van der Waals surface area contributed by atoms with Gasteiger partial charge in [-0.1, -0.05) is 6.92 Å². The third kappa shape index (κ3) is 6.76. The van der Waals surface area contributed by atoms with Crippen LogP contribution in [0.5, 0.6) is 0 Å². The van der Waals surface area contributed by atoms with Crippen LogP contribution in [0, 0.1) is 5.92 Å². The van der Waals surface area contributed by atoms with Crippen molar-refractivity contribution in [2.24, 2.45) is 10.9 Å². The summed E-state index contributed by atoms with van der Waals surface area (Å²) in [7, 11) is 0. The largest absolute Gasteiger partial charge is 0.356 e. The van der Waals surface area contributed by atoms with E-state index in [1.165, 1.54) is 5.57 Å². The van der Waals surface area contributed by atoms with E-state index < -0.39 is 0 Å². The van der Waals surface area contributed by atoms with Crippen LogP contribution in [0.3, 0.4) is 0 Å². The number of nitrogens with one attached hydrogen (secondary N) is 3. The predicted octanol–water partition coefficient (Wildman–Crippen LogP) is 1.35. The lowest BCUT2D eigenvalue weighted by molar-refractivity contribution is -0.123. The second kappa shape index (κ2) is 9.64. The molecule has 1 aliphatic rings. The number of carbonyl (C=O) groups excluding carboxylic acids is 2. The molecule has 0 spiro atoms. The zero-order chi connectivity index (χ0) is 17.2. The van der Waals surface area contributed by atoms with E-state index in [0.717, 1.165) is 25.0 Å². The summed E-state index contributed by atoms with van der Waals surface area (Å²) in [6.07, 6.45) is 10.2. The zero-order valence-corrected chi connectivity index (χ0v) is 14.0. The summed E-state index contributed by atoms with van der Waals surface area (Å²) >= 11 is 0. The van der Waals surface area contributed by atoms with Crippen LogP contribution in [-0.2, 0) is 16.0 Å². The fraction of sp³-hybridized carbons (Fsp3) is 0.529. The standard InChI is InChI=1S/C17H25N5O2/c1-13(8-16(23)20-6-3-14-2-5-18-10-14)9-17(24)21-7-4-15-11-19-12-22-15/h5,10-13H,2-4,6-9H2,1H3,(H,19,22)(H,20,23)(H,21,24). The van der Waals surface area contributed by atoms with Crippen LogP contribution in [0.1, 0.15) is 38.3 Å². The summed E-state index contributed by atoms with van der Waals surface area (Å²) in [6.45, 7) is 3.11. The Bertz CT molecular complexity index is 592. The Labute approximate surface area is 142 Å². The molecule has 2 heterocycles. The molecule has 1 unspecified atom stereocenters. The summed E-state index contributed by atoms with van der Waals surface area (Å²) < 4.78 is 0. The molecule has 0 radical (unpaired) electrons. The molecule has 3 N–H and O–H groups in total. The maximum Gasteiger partial charge on any atom is 0.220 e. The summed E-state index contributed by atoms with van der Waals surface area (Å²) in [6, 6.07) is 0. The minimum atomic E-state index is -0.0249. The number of hydrogen-bond acceptors (Lipinski definition) is 4. The average Bonchev–Trinajstić information content (AvgIpc) is 3.20. The highest BCUT2D eigenvalue weighted by molar-refractivity contribution is 5.79. The molecule has 2 amide bonds. The van der Waals surface area contributed by atoms with Gasteiger partial charge in [0.1, 0.15) is 0 Å². The smallest absolute Gasteiger partial charge is 0.220 e. The second-order valence-electron chi connectivity index (χ2n) is 6.11. The van der Waals surface area contributed by atoms with Crippen molar-refractivity contribution in [3.8, 4) is 0 Å². The monoisotopic (exact) mass is 331 g/mol. The van der Waals surface area contributed by atoms with Crippen molar-refractivity contribution in [3.63, 3.8) is 0 Å². The number of aromatic nitrogens is 2. The lowest BCUT2D eigenvalue weighted by atomic mass is 10.0. The van der Waals surface area contributed by atoms with E-state index in [9.17, 15) is 9.59 Å². The van der Waals surface area contributed by atoms with Crippen molar-refractivity contribution in [3.05, 3.63) is 30.0 Å². The highest BCUT2D eigenvalue weighted by Gasteiger charge is 2.13. The van der Waals surface area contributed by atoms with Gasteiger partial charge in [-0.3, -0.25) is 14.6 Å². The molecule has 24 heavy (non-hydrogen) atoms. The SMILES string of the molecule is CC(CC(=O)NCCC1=CN=CC1)CC(=O)NCCc1cnc[nH]1. The summed E-state index contributed by atoms with van der Waals surface area (Å²) in [5, 5.41) is 5.76. The molecule has 130 valence electrons. The van der Waals surface area contributed by atoms with E-state index in [-0.39, 0.29) is 17.7 Å². The van der Waals surface area contributed by atoms with Crippen molar-refractivity contribution in [2.45, 2.75) is 39.0 Å². The lowest BCUT2D eigenvalue weighted by Gasteiger charge is -2.12. The lowest BCUT2D eigenvalue weighted by Crippen LogP contribution is -2.30. The van der Waals surface area contributed by atoms with Crippen LogP contribution >= 0.6 is 0 Å². The second-order valence-corrected chi connectivity index (χ2v) is 6.11. The highest BCUT2D eigenvalue weighted by Crippen LogP contribution is 2.10. The molecule has 1 aromatic heterocycles. The maximum absolute atomic E-state index is 11.9. The number of aromatic amines is 1. The van der Waals surface area contributed by atoms with Gasteiger partial charge in [0.2, 0.25) is 11.8 Å². The van der Waals surface area contributed by atoms with E-state index >= 15 is 0 Å². The van der Waals surface area contributed by atoms with Gasteiger partial charge in [-0.15, -0.1) is 0 Å². The highest BCUT2D eigenvalue weighted by atomic mass is 16.2. The van der Waals surface area contributed by atoms with Gasteiger partial charge in [-0.25, -0.2) is 4.98 Å². The van der Waals surface area contributed by atoms with Gasteiger partial charge < -0.3 is 15.6 Å². The third-order valence-corrected chi connectivity index (χ3v) is 3.82. The maximum atomic E-state index is 11.9.